The van der Waals surface area contributed by atoms with Gasteiger partial charge in [-0.2, -0.15) is 14.8 Å². The molecule has 9 nitrogen and oxygen atoms in total. The molecule has 0 saturated heterocycles. The zero-order chi connectivity index (χ0) is 25.1. The summed E-state index contributed by atoms with van der Waals surface area (Å²) in [7, 11) is -0.0464. The van der Waals surface area contributed by atoms with Crippen molar-refractivity contribution in [2.75, 3.05) is 25.6 Å². The van der Waals surface area contributed by atoms with Crippen molar-refractivity contribution >= 4 is 40.2 Å². The Hall–Kier alpha value is -4.06. The van der Waals surface area contributed by atoms with Crippen LogP contribution in [0.4, 0.5) is 10.2 Å². The predicted molar refractivity (Wildman–Crippen MR) is 135 cm³/mol. The number of nitrogens with one attached hydrogen (secondary N) is 1. The van der Waals surface area contributed by atoms with E-state index in [9.17, 15) is 14.4 Å². The Kier molecular flexibility index (Phi) is 6.76. The molecule has 0 unspecified atom stereocenters. The first-order valence-corrected chi connectivity index (χ1v) is 11.3. The van der Waals surface area contributed by atoms with E-state index in [1.54, 1.807) is 37.6 Å². The van der Waals surface area contributed by atoms with E-state index < -0.39 is 7.12 Å². The maximum absolute atomic E-state index is 13.7. The van der Waals surface area contributed by atoms with Crippen LogP contribution in [0.15, 0.2) is 66.9 Å². The Morgan fingerprint density at radius 3 is 2.64 bits per heavy atom. The van der Waals surface area contributed by atoms with Gasteiger partial charge in [0.25, 0.3) is 5.95 Å². The number of benzene rings is 3. The smallest absolute Gasteiger partial charge is 0.489 e. The molecule has 5 rings (SSSR count). The van der Waals surface area contributed by atoms with Crippen LogP contribution in [0, 0.1) is 5.82 Å². The summed E-state index contributed by atoms with van der Waals surface area (Å²) in [5, 5.41) is 28.5. The molecule has 2 heterocycles. The minimum atomic E-state index is -1.65. The van der Waals surface area contributed by atoms with Crippen molar-refractivity contribution < 1.29 is 23.9 Å². The van der Waals surface area contributed by atoms with E-state index in [0.29, 0.717) is 58.6 Å². The van der Waals surface area contributed by atoms with Gasteiger partial charge in [-0.3, -0.25) is 0 Å². The highest BCUT2D eigenvalue weighted by Crippen LogP contribution is 2.30. The summed E-state index contributed by atoms with van der Waals surface area (Å²) in [6.07, 6.45) is 1.54. The summed E-state index contributed by atoms with van der Waals surface area (Å²) in [4.78, 5) is 9.47. The third kappa shape index (κ3) is 4.71. The molecule has 0 fully saturated rings. The van der Waals surface area contributed by atoms with Crippen LogP contribution in [0.5, 0.6) is 5.75 Å². The second-order valence-electron chi connectivity index (χ2n) is 8.06. The molecule has 0 spiro atoms. The first-order chi connectivity index (χ1) is 17.5. The predicted octanol–water partition coefficient (Wildman–Crippen LogP) is 2.42. The van der Waals surface area contributed by atoms with Crippen LogP contribution >= 0.6 is 0 Å². The summed E-state index contributed by atoms with van der Waals surface area (Å²) in [6, 6.07) is 17.0. The Morgan fingerprint density at radius 1 is 1.00 bits per heavy atom. The Balaban J connectivity index is 1.63. The molecule has 3 N–H and O–H groups in total. The molecule has 5 aromatic rings. The summed E-state index contributed by atoms with van der Waals surface area (Å²) in [6.45, 7) is 1.08. The van der Waals surface area contributed by atoms with Crippen LogP contribution in [0.1, 0.15) is 5.56 Å². The molecule has 11 heteroatoms. The second-order valence-corrected chi connectivity index (χ2v) is 8.06. The molecule has 2 aromatic heterocycles. The van der Waals surface area contributed by atoms with Crippen molar-refractivity contribution in [2.45, 2.75) is 6.54 Å². The number of ether oxygens (including phenoxy) is 2. The lowest BCUT2D eigenvalue weighted by Gasteiger charge is -2.14. The number of halogens is 1. The Labute approximate surface area is 206 Å². The first-order valence-electron chi connectivity index (χ1n) is 11.3. The van der Waals surface area contributed by atoms with Gasteiger partial charge in [-0.15, -0.1) is 0 Å². The van der Waals surface area contributed by atoms with Crippen LogP contribution in [0.3, 0.4) is 0 Å². The minimum Gasteiger partial charge on any atom is -0.489 e. The zero-order valence-electron chi connectivity index (χ0n) is 19.4. The Bertz CT molecular complexity index is 1530. The van der Waals surface area contributed by atoms with E-state index in [4.69, 9.17) is 19.4 Å². The van der Waals surface area contributed by atoms with Gasteiger partial charge in [0.2, 0.25) is 0 Å². The summed E-state index contributed by atoms with van der Waals surface area (Å²) < 4.78 is 26.3. The third-order valence-corrected chi connectivity index (χ3v) is 5.69. The average Bonchev–Trinajstić information content (AvgIpc) is 3.32. The highest BCUT2D eigenvalue weighted by Gasteiger charge is 2.20. The van der Waals surface area contributed by atoms with Crippen LogP contribution in [-0.4, -0.2) is 57.2 Å². The molecule has 0 bridgehead atoms. The van der Waals surface area contributed by atoms with Gasteiger partial charge in [-0.05, 0) is 41.4 Å². The summed E-state index contributed by atoms with van der Waals surface area (Å²) in [5.41, 5.74) is 2.24. The third-order valence-electron chi connectivity index (χ3n) is 5.69. The van der Waals surface area contributed by atoms with Gasteiger partial charge >= 0.3 is 7.12 Å². The lowest BCUT2D eigenvalue weighted by Crippen LogP contribution is -2.30. The van der Waals surface area contributed by atoms with E-state index in [1.165, 1.54) is 16.8 Å². The number of aromatic nitrogens is 4. The topological polar surface area (TPSA) is 115 Å². The molecule has 3 aromatic carbocycles. The van der Waals surface area contributed by atoms with Crippen molar-refractivity contribution in [3.05, 3.63) is 78.2 Å². The van der Waals surface area contributed by atoms with Gasteiger partial charge < -0.3 is 24.8 Å². The normalized spacial score (nSPS) is 11.2. The van der Waals surface area contributed by atoms with Crippen LogP contribution in [-0.2, 0) is 11.3 Å². The van der Waals surface area contributed by atoms with Crippen molar-refractivity contribution in [2.24, 2.45) is 0 Å². The van der Waals surface area contributed by atoms with Gasteiger partial charge in [-0.1, -0.05) is 30.3 Å². The quantitative estimate of drug-likeness (QED) is 0.215. The van der Waals surface area contributed by atoms with Crippen LogP contribution in [0.25, 0.3) is 27.8 Å². The van der Waals surface area contributed by atoms with Crippen molar-refractivity contribution in [1.29, 1.82) is 0 Å². The first kappa shape index (κ1) is 23.7. The molecular formula is C25H23BFN5O4. The van der Waals surface area contributed by atoms with Crippen LogP contribution < -0.4 is 15.5 Å². The van der Waals surface area contributed by atoms with Crippen molar-refractivity contribution in [1.82, 2.24) is 19.7 Å². The number of hydrogen-bond acceptors (Lipinski definition) is 8. The SMILES string of the molecule is COCCOc1cccc2c(NCc3cccc(F)c3)nc(-n3ncc4c(B(O)O)cccc43)nc12. The lowest BCUT2D eigenvalue weighted by atomic mass is 9.78. The van der Waals surface area contributed by atoms with Crippen molar-refractivity contribution in [3.8, 4) is 11.7 Å². The molecule has 0 aliphatic heterocycles. The maximum atomic E-state index is 13.7. The molecule has 0 aliphatic carbocycles. The van der Waals surface area contributed by atoms with E-state index in [-0.39, 0.29) is 11.8 Å². The van der Waals surface area contributed by atoms with E-state index in [0.717, 1.165) is 5.56 Å². The number of methoxy groups -OCH3 is 1. The number of anilines is 1. The molecule has 0 saturated carbocycles. The maximum Gasteiger partial charge on any atom is 0.489 e. The second kappa shape index (κ2) is 10.3. The molecule has 0 radical (unpaired) electrons. The highest BCUT2D eigenvalue weighted by atomic mass is 19.1. The fourth-order valence-electron chi connectivity index (χ4n) is 3.99. The van der Waals surface area contributed by atoms with Gasteiger partial charge in [0, 0.05) is 24.4 Å². The van der Waals surface area contributed by atoms with Gasteiger partial charge in [-0.25, -0.2) is 9.37 Å². The largest absolute Gasteiger partial charge is 0.489 e. The van der Waals surface area contributed by atoms with Gasteiger partial charge in [0.15, 0.2) is 0 Å². The van der Waals surface area contributed by atoms with Crippen molar-refractivity contribution in [3.63, 3.8) is 0 Å². The fraction of sp³-hybridized carbons (Fsp3) is 0.160. The number of nitrogens with zero attached hydrogens (tertiary/aromatic N) is 4. The Morgan fingerprint density at radius 2 is 1.83 bits per heavy atom. The molecule has 0 atom stereocenters. The number of rotatable bonds is 9. The van der Waals surface area contributed by atoms with E-state index in [1.807, 2.05) is 24.3 Å². The van der Waals surface area contributed by atoms with E-state index >= 15 is 0 Å². The van der Waals surface area contributed by atoms with Gasteiger partial charge in [0.05, 0.1) is 18.3 Å². The van der Waals surface area contributed by atoms with Gasteiger partial charge in [0.1, 0.15) is 29.5 Å². The molecule has 36 heavy (non-hydrogen) atoms. The van der Waals surface area contributed by atoms with E-state index in [2.05, 4.69) is 10.4 Å². The monoisotopic (exact) mass is 487 g/mol. The average molecular weight is 487 g/mol. The summed E-state index contributed by atoms with van der Waals surface area (Å²) in [5.74, 6) is 0.997. The molecule has 182 valence electrons. The van der Waals surface area contributed by atoms with Crippen LogP contribution in [0.2, 0.25) is 0 Å². The lowest BCUT2D eigenvalue weighted by molar-refractivity contribution is 0.147. The number of hydrogen-bond donors (Lipinski definition) is 3. The molecule has 0 amide bonds. The number of fused-ring (bicyclic) bond motifs is 2. The molecular weight excluding hydrogens is 464 g/mol. The zero-order valence-corrected chi connectivity index (χ0v) is 19.4. The number of para-hydroxylation sites is 1. The highest BCUT2D eigenvalue weighted by molar-refractivity contribution is 6.61. The minimum absolute atomic E-state index is 0.256. The summed E-state index contributed by atoms with van der Waals surface area (Å²) >= 11 is 0. The molecule has 0 aliphatic rings. The standard InChI is InChI=1S/C25H23BFN5O4/c1-35-11-12-36-22-10-3-7-18-23(22)30-25(31-24(18)28-14-16-5-2-6-17(27)13-16)32-21-9-4-8-20(26(33)34)19(21)15-29-32/h2-10,13,15,33-34H,11-12,14H2,1H3,(H,28,30,31). The fourth-order valence-corrected chi connectivity index (χ4v) is 3.99.